The molecule has 1 aromatic heterocycles. The van der Waals surface area contributed by atoms with Crippen molar-refractivity contribution in [1.29, 1.82) is 0 Å². The maximum absolute atomic E-state index is 13.6. The minimum Gasteiger partial charge on any atom is -0.351 e. The molecule has 0 aliphatic carbocycles. The summed E-state index contributed by atoms with van der Waals surface area (Å²) in [6, 6.07) is 11.3. The number of rotatable bonds is 4. The van der Waals surface area contributed by atoms with E-state index < -0.39 is 51.5 Å². The second-order valence-electron chi connectivity index (χ2n) is 8.48. The molecule has 0 spiro atoms. The minimum absolute atomic E-state index is 0.319. The quantitative estimate of drug-likeness (QED) is 0.503. The lowest BCUT2D eigenvalue weighted by molar-refractivity contribution is -0.135. The first-order valence-corrected chi connectivity index (χ1v) is 12.5. The van der Waals surface area contributed by atoms with Crippen LogP contribution in [0.4, 0.5) is 14.9 Å². The topological polar surface area (TPSA) is 132 Å². The zero-order valence-electron chi connectivity index (χ0n) is 18.8. The van der Waals surface area contributed by atoms with Gasteiger partial charge in [0.25, 0.3) is 5.91 Å². The lowest BCUT2D eigenvalue weighted by Gasteiger charge is -2.30. The number of primary amides is 1. The van der Waals surface area contributed by atoms with Crippen LogP contribution in [0.25, 0.3) is 0 Å². The Balaban J connectivity index is 1.55. The average molecular weight is 527 g/mol. The molecule has 12 heteroatoms. The number of carbonyl (C=O) groups is 4. The van der Waals surface area contributed by atoms with Crippen molar-refractivity contribution in [2.75, 3.05) is 5.32 Å². The first kappa shape index (κ1) is 23.9. The van der Waals surface area contributed by atoms with Crippen LogP contribution >= 0.6 is 23.1 Å². The zero-order valence-corrected chi connectivity index (χ0v) is 20.4. The Morgan fingerprint density at radius 3 is 2.33 bits per heavy atom. The van der Waals surface area contributed by atoms with E-state index in [9.17, 15) is 28.4 Å². The summed E-state index contributed by atoms with van der Waals surface area (Å²) in [7, 11) is 0. The smallest absolute Gasteiger partial charge is 0.328 e. The monoisotopic (exact) mass is 526 g/mol. The Hall–Kier alpha value is -3.77. The second-order valence-corrected chi connectivity index (χ2v) is 10.6. The van der Waals surface area contributed by atoms with E-state index in [-0.39, 0.29) is 6.54 Å². The van der Waals surface area contributed by atoms with Gasteiger partial charge in [-0.25, -0.2) is 9.18 Å². The van der Waals surface area contributed by atoms with Gasteiger partial charge in [-0.3, -0.25) is 23.7 Å². The number of halogens is 1. The van der Waals surface area contributed by atoms with Crippen LogP contribution in [0.2, 0.25) is 0 Å². The summed E-state index contributed by atoms with van der Waals surface area (Å²) >= 11 is 1.81. The number of nitrogens with one attached hydrogen (secondary N) is 1. The molecule has 1 fully saturated rings. The summed E-state index contributed by atoms with van der Waals surface area (Å²) in [5.74, 6) is -4.31. The third-order valence-corrected chi connectivity index (χ3v) is 8.74. The molecule has 2 aliphatic heterocycles. The van der Waals surface area contributed by atoms with Crippen LogP contribution in [0.1, 0.15) is 21.9 Å². The van der Waals surface area contributed by atoms with Gasteiger partial charge < -0.3 is 11.1 Å². The number of anilines is 1. The number of urea groups is 1. The van der Waals surface area contributed by atoms with Crippen molar-refractivity contribution in [3.63, 3.8) is 0 Å². The highest BCUT2D eigenvalue weighted by Gasteiger charge is 2.57. The van der Waals surface area contributed by atoms with E-state index in [4.69, 9.17) is 5.73 Å². The maximum atomic E-state index is 13.6. The fraction of sp³-hybridized carbons (Fsp3) is 0.208. The summed E-state index contributed by atoms with van der Waals surface area (Å²) in [4.78, 5) is 64.2. The second kappa shape index (κ2) is 9.03. The van der Waals surface area contributed by atoms with Crippen molar-refractivity contribution in [3.8, 4) is 0 Å². The van der Waals surface area contributed by atoms with Crippen molar-refractivity contribution in [3.05, 3.63) is 80.0 Å². The molecule has 0 radical (unpaired) electrons. The first-order valence-electron chi connectivity index (χ1n) is 10.8. The van der Waals surface area contributed by atoms with E-state index in [0.717, 1.165) is 28.7 Å². The molecule has 3 N–H and O–H groups in total. The number of carbonyl (C=O) groups excluding carboxylic acids is 4. The van der Waals surface area contributed by atoms with Gasteiger partial charge in [-0.1, -0.05) is 52.9 Å². The molecule has 5 amide bonds. The summed E-state index contributed by atoms with van der Waals surface area (Å²) < 4.78 is 14.9. The molecule has 0 saturated carbocycles. The highest BCUT2D eigenvalue weighted by Crippen LogP contribution is 2.53. The first-order chi connectivity index (χ1) is 17.2. The van der Waals surface area contributed by atoms with Crippen LogP contribution in [0.15, 0.2) is 58.4 Å². The van der Waals surface area contributed by atoms with Gasteiger partial charge in [0.15, 0.2) is 0 Å². The lowest BCUT2D eigenvalue weighted by Crippen LogP contribution is -2.41. The number of benzene rings is 2. The molecular weight excluding hydrogens is 507 g/mol. The van der Waals surface area contributed by atoms with Crippen molar-refractivity contribution < 1.29 is 23.6 Å². The Morgan fingerprint density at radius 1 is 1.03 bits per heavy atom. The number of hydrogen-bond donors (Lipinski definition) is 2. The molecule has 1 saturated heterocycles. The standard InChI is InChI=1S/C24H19FN4O5S2/c1-11-2-8-14(9-3-11)27-15(30)10-28-22-19(36-24(28)34)16(12-4-6-13(25)7-5-12)17-18(35-22)21(32)29(20(17)31)23(26)33/h2-9,16-18H,10H2,1H3,(H2,26,33)(H,27,30)/t16-,17?,18?/m0/s1. The molecule has 3 aromatic rings. The number of fused-ring (bicyclic) bond motifs is 2. The molecule has 2 unspecified atom stereocenters. The van der Waals surface area contributed by atoms with E-state index >= 15 is 0 Å². The van der Waals surface area contributed by atoms with Crippen LogP contribution in [0.3, 0.4) is 0 Å². The SMILES string of the molecule is Cc1ccc(NC(=O)Cn2c3c(sc2=O)[C@@H](c2ccc(F)cc2)C2C(=O)N(C(N)=O)C(=O)C2S3)cc1. The summed E-state index contributed by atoms with van der Waals surface area (Å²) in [6.45, 7) is 1.60. The number of aromatic nitrogens is 1. The van der Waals surface area contributed by atoms with Crippen molar-refractivity contribution in [2.45, 2.75) is 29.7 Å². The predicted molar refractivity (Wildman–Crippen MR) is 131 cm³/mol. The number of likely N-dealkylation sites (tertiary alicyclic amines) is 1. The molecule has 184 valence electrons. The number of aryl methyl sites for hydroxylation is 1. The Bertz CT molecular complexity index is 1470. The van der Waals surface area contributed by atoms with E-state index in [1.165, 1.54) is 28.8 Å². The molecule has 9 nitrogen and oxygen atoms in total. The van der Waals surface area contributed by atoms with Gasteiger partial charge >= 0.3 is 10.9 Å². The van der Waals surface area contributed by atoms with E-state index in [2.05, 4.69) is 5.32 Å². The molecule has 3 heterocycles. The van der Waals surface area contributed by atoms with Crippen molar-refractivity contribution >= 4 is 52.5 Å². The van der Waals surface area contributed by atoms with Gasteiger partial charge in [-0.05, 0) is 36.8 Å². The predicted octanol–water partition coefficient (Wildman–Crippen LogP) is 2.67. The van der Waals surface area contributed by atoms with Gasteiger partial charge in [0.05, 0.1) is 10.9 Å². The van der Waals surface area contributed by atoms with E-state index in [0.29, 0.717) is 26.1 Å². The van der Waals surface area contributed by atoms with Gasteiger partial charge in [0.1, 0.15) is 17.6 Å². The molecule has 5 rings (SSSR count). The van der Waals surface area contributed by atoms with Crippen LogP contribution < -0.4 is 15.9 Å². The molecule has 36 heavy (non-hydrogen) atoms. The Labute approximate surface area is 212 Å². The van der Waals surface area contributed by atoms with Crippen LogP contribution in [-0.4, -0.2) is 38.5 Å². The molecule has 2 aliphatic rings. The van der Waals surface area contributed by atoms with E-state index in [1.54, 1.807) is 12.1 Å². The molecule has 2 aromatic carbocycles. The Morgan fingerprint density at radius 2 is 1.69 bits per heavy atom. The number of thiazole rings is 1. The highest BCUT2D eigenvalue weighted by atomic mass is 32.2. The highest BCUT2D eigenvalue weighted by molar-refractivity contribution is 8.00. The van der Waals surface area contributed by atoms with Crippen molar-refractivity contribution in [1.82, 2.24) is 9.47 Å². The third-order valence-electron chi connectivity index (χ3n) is 6.14. The molecule has 0 bridgehead atoms. The minimum atomic E-state index is -1.18. The molecular formula is C24H19FN4O5S2. The maximum Gasteiger partial charge on any atom is 0.328 e. The average Bonchev–Trinajstić information content (AvgIpc) is 3.27. The van der Waals surface area contributed by atoms with Gasteiger partial charge in [-0.15, -0.1) is 0 Å². The van der Waals surface area contributed by atoms with Gasteiger partial charge in [0, 0.05) is 16.5 Å². The van der Waals surface area contributed by atoms with Crippen molar-refractivity contribution in [2.24, 2.45) is 11.7 Å². The van der Waals surface area contributed by atoms with Gasteiger partial charge in [-0.2, -0.15) is 4.90 Å². The fourth-order valence-corrected chi connectivity index (χ4v) is 7.26. The number of hydrogen-bond acceptors (Lipinski definition) is 7. The summed E-state index contributed by atoms with van der Waals surface area (Å²) in [6.07, 6.45) is 0. The van der Waals surface area contributed by atoms with Crippen LogP contribution in [0, 0.1) is 18.7 Å². The zero-order chi connectivity index (χ0) is 25.7. The normalized spacial score (nSPS) is 20.7. The lowest BCUT2D eigenvalue weighted by atomic mass is 9.83. The number of thioether (sulfide) groups is 1. The largest absolute Gasteiger partial charge is 0.351 e. The third kappa shape index (κ3) is 4.01. The Kier molecular flexibility index (Phi) is 6.00. The fourth-order valence-electron chi connectivity index (χ4n) is 4.48. The van der Waals surface area contributed by atoms with Crippen LogP contribution in [-0.2, 0) is 20.9 Å². The number of amides is 5. The van der Waals surface area contributed by atoms with Crippen LogP contribution in [0.5, 0.6) is 0 Å². The number of nitrogens with zero attached hydrogens (tertiary/aromatic N) is 2. The number of nitrogens with two attached hydrogens (primary N) is 1. The van der Waals surface area contributed by atoms with Gasteiger partial charge in [0.2, 0.25) is 11.8 Å². The summed E-state index contributed by atoms with van der Waals surface area (Å²) in [5.41, 5.74) is 7.38. The van der Waals surface area contributed by atoms with E-state index in [1.807, 2.05) is 19.1 Å². The molecule has 3 atom stereocenters. The summed E-state index contributed by atoms with van der Waals surface area (Å²) in [5, 5.41) is 2.06. The number of imide groups is 3.